The standard InChI is InChI=1S/C13H20O6/c1-13(2,3)19-12(16)9-5-4-8-17-10(14)6-7-11(15)18-9/h9H,4-8H2,1-3H3. The summed E-state index contributed by atoms with van der Waals surface area (Å²) in [5.41, 5.74) is -0.634. The van der Waals surface area contributed by atoms with E-state index in [1.807, 2.05) is 0 Å². The Morgan fingerprint density at radius 2 is 1.84 bits per heavy atom. The number of cyclic esters (lactones) is 2. The maximum atomic E-state index is 11.9. The molecule has 6 nitrogen and oxygen atoms in total. The van der Waals surface area contributed by atoms with Gasteiger partial charge in [0.15, 0.2) is 6.10 Å². The lowest BCUT2D eigenvalue weighted by Crippen LogP contribution is -2.35. The van der Waals surface area contributed by atoms with Crippen molar-refractivity contribution in [1.82, 2.24) is 0 Å². The SMILES string of the molecule is CC(C)(C)OC(=O)C1CCCOC(=O)CCC(=O)O1. The lowest BCUT2D eigenvalue weighted by molar-refractivity contribution is -0.177. The van der Waals surface area contributed by atoms with E-state index in [9.17, 15) is 14.4 Å². The number of ether oxygens (including phenoxy) is 3. The van der Waals surface area contributed by atoms with Gasteiger partial charge in [-0.2, -0.15) is 0 Å². The molecule has 0 aliphatic carbocycles. The lowest BCUT2D eigenvalue weighted by atomic mass is 10.1. The molecule has 0 amide bonds. The molecular weight excluding hydrogens is 252 g/mol. The summed E-state index contributed by atoms with van der Waals surface area (Å²) in [4.78, 5) is 34.5. The largest absolute Gasteiger partial charge is 0.466 e. The summed E-state index contributed by atoms with van der Waals surface area (Å²) in [6.07, 6.45) is -0.307. The van der Waals surface area contributed by atoms with Crippen LogP contribution in [0.4, 0.5) is 0 Å². The third-order valence-electron chi connectivity index (χ3n) is 2.35. The molecule has 1 unspecified atom stereocenters. The summed E-state index contributed by atoms with van der Waals surface area (Å²) in [5.74, 6) is -1.57. The smallest absolute Gasteiger partial charge is 0.347 e. The van der Waals surface area contributed by atoms with E-state index in [4.69, 9.17) is 14.2 Å². The van der Waals surface area contributed by atoms with Crippen LogP contribution in [0.15, 0.2) is 0 Å². The molecule has 1 rings (SSSR count). The van der Waals surface area contributed by atoms with Crippen molar-refractivity contribution >= 4 is 17.9 Å². The highest BCUT2D eigenvalue weighted by Gasteiger charge is 2.29. The Balaban J connectivity index is 2.62. The number of esters is 3. The fraction of sp³-hybridized carbons (Fsp3) is 0.769. The van der Waals surface area contributed by atoms with Gasteiger partial charge in [0, 0.05) is 0 Å². The second-order valence-electron chi connectivity index (χ2n) is 5.37. The third-order valence-corrected chi connectivity index (χ3v) is 2.35. The van der Waals surface area contributed by atoms with E-state index in [1.54, 1.807) is 20.8 Å². The molecule has 0 spiro atoms. The summed E-state index contributed by atoms with van der Waals surface area (Å²) in [6.45, 7) is 5.45. The van der Waals surface area contributed by atoms with Crippen LogP contribution in [0, 0.1) is 0 Å². The topological polar surface area (TPSA) is 78.9 Å². The van der Waals surface area contributed by atoms with Gasteiger partial charge in [0.05, 0.1) is 19.4 Å². The molecule has 1 aliphatic rings. The zero-order valence-corrected chi connectivity index (χ0v) is 11.6. The van der Waals surface area contributed by atoms with E-state index in [2.05, 4.69) is 0 Å². The molecule has 0 radical (unpaired) electrons. The Bertz CT molecular complexity index is 355. The monoisotopic (exact) mass is 272 g/mol. The molecular formula is C13H20O6. The molecule has 19 heavy (non-hydrogen) atoms. The predicted molar refractivity (Wildman–Crippen MR) is 65.2 cm³/mol. The van der Waals surface area contributed by atoms with Gasteiger partial charge in [-0.05, 0) is 33.6 Å². The van der Waals surface area contributed by atoms with Gasteiger partial charge in [0.1, 0.15) is 5.60 Å². The lowest BCUT2D eigenvalue weighted by Gasteiger charge is -2.24. The highest BCUT2D eigenvalue weighted by molar-refractivity contribution is 5.82. The van der Waals surface area contributed by atoms with Crippen molar-refractivity contribution in [2.24, 2.45) is 0 Å². The van der Waals surface area contributed by atoms with Gasteiger partial charge in [-0.25, -0.2) is 4.79 Å². The molecule has 0 bridgehead atoms. The number of carbonyl (C=O) groups is 3. The minimum atomic E-state index is -0.927. The van der Waals surface area contributed by atoms with E-state index >= 15 is 0 Å². The normalized spacial score (nSPS) is 22.2. The average molecular weight is 272 g/mol. The quantitative estimate of drug-likeness (QED) is 0.529. The molecule has 108 valence electrons. The van der Waals surface area contributed by atoms with Crippen LogP contribution in [0.1, 0.15) is 46.5 Å². The first-order chi connectivity index (χ1) is 8.78. The number of carbonyl (C=O) groups excluding carboxylic acids is 3. The zero-order valence-electron chi connectivity index (χ0n) is 11.6. The first-order valence-corrected chi connectivity index (χ1v) is 6.36. The van der Waals surface area contributed by atoms with Crippen LogP contribution in [0.5, 0.6) is 0 Å². The first-order valence-electron chi connectivity index (χ1n) is 6.36. The zero-order chi connectivity index (χ0) is 14.5. The van der Waals surface area contributed by atoms with Crippen LogP contribution in [-0.2, 0) is 28.6 Å². The van der Waals surface area contributed by atoms with E-state index in [1.165, 1.54) is 0 Å². The van der Waals surface area contributed by atoms with Crippen molar-refractivity contribution in [2.45, 2.75) is 58.2 Å². The molecule has 6 heteroatoms. The molecule has 1 saturated heterocycles. The van der Waals surface area contributed by atoms with Gasteiger partial charge < -0.3 is 14.2 Å². The van der Waals surface area contributed by atoms with Gasteiger partial charge in [0.2, 0.25) is 0 Å². The van der Waals surface area contributed by atoms with E-state index < -0.39 is 29.6 Å². The molecule has 1 atom stereocenters. The summed E-state index contributed by atoms with van der Waals surface area (Å²) < 4.78 is 15.1. The first kappa shape index (κ1) is 15.5. The second kappa shape index (κ2) is 6.54. The molecule has 0 aromatic heterocycles. The van der Waals surface area contributed by atoms with Gasteiger partial charge in [0.25, 0.3) is 0 Å². The van der Waals surface area contributed by atoms with Crippen molar-refractivity contribution < 1.29 is 28.6 Å². The maximum Gasteiger partial charge on any atom is 0.347 e. The summed E-state index contributed by atoms with van der Waals surface area (Å²) in [6, 6.07) is 0. The van der Waals surface area contributed by atoms with Crippen LogP contribution in [0.25, 0.3) is 0 Å². The maximum absolute atomic E-state index is 11.9. The van der Waals surface area contributed by atoms with Crippen molar-refractivity contribution in [3.8, 4) is 0 Å². The molecule has 0 N–H and O–H groups in total. The van der Waals surface area contributed by atoms with Crippen molar-refractivity contribution in [3.63, 3.8) is 0 Å². The molecule has 0 aromatic rings. The Morgan fingerprint density at radius 3 is 2.47 bits per heavy atom. The molecule has 0 aromatic carbocycles. The minimum absolute atomic E-state index is 0.0279. The number of hydrogen-bond acceptors (Lipinski definition) is 6. The predicted octanol–water partition coefficient (Wildman–Crippen LogP) is 1.36. The van der Waals surface area contributed by atoms with Crippen LogP contribution in [0.3, 0.4) is 0 Å². The van der Waals surface area contributed by atoms with Crippen molar-refractivity contribution in [1.29, 1.82) is 0 Å². The molecule has 1 heterocycles. The Morgan fingerprint density at radius 1 is 1.21 bits per heavy atom. The highest BCUT2D eigenvalue weighted by Crippen LogP contribution is 2.15. The molecule has 1 fully saturated rings. The van der Waals surface area contributed by atoms with Crippen LogP contribution in [-0.4, -0.2) is 36.2 Å². The number of rotatable bonds is 1. The average Bonchev–Trinajstić information content (AvgIpc) is 2.27. The van der Waals surface area contributed by atoms with Crippen molar-refractivity contribution in [2.75, 3.05) is 6.61 Å². The molecule has 0 saturated carbocycles. The summed E-state index contributed by atoms with van der Waals surface area (Å²) >= 11 is 0. The summed E-state index contributed by atoms with van der Waals surface area (Å²) in [5, 5.41) is 0. The minimum Gasteiger partial charge on any atom is -0.466 e. The fourth-order valence-corrected chi connectivity index (χ4v) is 1.54. The van der Waals surface area contributed by atoms with Gasteiger partial charge in [-0.3, -0.25) is 9.59 Å². The van der Waals surface area contributed by atoms with Crippen molar-refractivity contribution in [3.05, 3.63) is 0 Å². The van der Waals surface area contributed by atoms with E-state index in [0.717, 1.165) is 0 Å². The van der Waals surface area contributed by atoms with Gasteiger partial charge >= 0.3 is 17.9 Å². The van der Waals surface area contributed by atoms with E-state index in [0.29, 0.717) is 6.42 Å². The Kier molecular flexibility index (Phi) is 5.32. The highest BCUT2D eigenvalue weighted by atomic mass is 16.6. The Labute approximate surface area is 112 Å². The fourth-order valence-electron chi connectivity index (χ4n) is 1.54. The van der Waals surface area contributed by atoms with Crippen LogP contribution < -0.4 is 0 Å². The van der Waals surface area contributed by atoms with Gasteiger partial charge in [-0.1, -0.05) is 0 Å². The van der Waals surface area contributed by atoms with E-state index in [-0.39, 0.29) is 25.9 Å². The van der Waals surface area contributed by atoms with Crippen LogP contribution >= 0.6 is 0 Å². The molecule has 1 aliphatic heterocycles. The number of hydrogen-bond donors (Lipinski definition) is 0. The van der Waals surface area contributed by atoms with Crippen LogP contribution in [0.2, 0.25) is 0 Å². The van der Waals surface area contributed by atoms with Gasteiger partial charge in [-0.15, -0.1) is 0 Å². The second-order valence-corrected chi connectivity index (χ2v) is 5.37. The third kappa shape index (κ3) is 6.22. The summed E-state index contributed by atoms with van der Waals surface area (Å²) in [7, 11) is 0. The Hall–Kier alpha value is -1.59.